The molecule has 2 N–H and O–H groups in total. The number of rotatable bonds is 6. The Balaban J connectivity index is 4.16. The summed E-state index contributed by atoms with van der Waals surface area (Å²) in [5.41, 5.74) is 5.67. The third kappa shape index (κ3) is 7.06. The lowest BCUT2D eigenvalue weighted by Gasteiger charge is -2.08. The molecule has 0 saturated heterocycles. The summed E-state index contributed by atoms with van der Waals surface area (Å²) < 4.78 is 26.6. The maximum Gasteiger partial charge on any atom is 0.289 e. The summed E-state index contributed by atoms with van der Waals surface area (Å²) in [5, 5.41) is 1.03. The van der Waals surface area contributed by atoms with Crippen LogP contribution in [-0.2, 0) is 14.3 Å². The van der Waals surface area contributed by atoms with Crippen LogP contribution in [0.1, 0.15) is 27.2 Å². The molecule has 0 aromatic rings. The summed E-state index contributed by atoms with van der Waals surface area (Å²) in [6.45, 7) is 5.83. The van der Waals surface area contributed by atoms with Gasteiger partial charge < -0.3 is 5.73 Å². The molecule has 0 radical (unpaired) electrons. The lowest BCUT2D eigenvalue weighted by molar-refractivity contribution is 0.344. The van der Waals surface area contributed by atoms with Gasteiger partial charge in [-0.25, -0.2) is 0 Å². The molecule has 0 aliphatic carbocycles. The SMILES string of the molecule is CCOS(=O)(=O)/C=C/[C@@H](N)CC(C)C. The van der Waals surface area contributed by atoms with Crippen LogP contribution in [0.15, 0.2) is 11.5 Å². The fourth-order valence-electron chi connectivity index (χ4n) is 1.02. The Kier molecular flexibility index (Phi) is 5.99. The van der Waals surface area contributed by atoms with Crippen molar-refractivity contribution in [3.05, 3.63) is 11.5 Å². The van der Waals surface area contributed by atoms with Gasteiger partial charge in [0.05, 0.1) is 12.0 Å². The number of hydrogen-bond acceptors (Lipinski definition) is 4. The predicted octanol–water partition coefficient (Wildman–Crippen LogP) is 1.24. The Hall–Kier alpha value is -0.390. The Bertz CT molecular complexity index is 270. The van der Waals surface area contributed by atoms with E-state index in [1.165, 1.54) is 6.08 Å². The fourth-order valence-corrected chi connectivity index (χ4v) is 1.82. The minimum absolute atomic E-state index is 0.145. The topological polar surface area (TPSA) is 69.4 Å². The van der Waals surface area contributed by atoms with Gasteiger partial charge in [0.15, 0.2) is 0 Å². The second kappa shape index (κ2) is 6.16. The first kappa shape index (κ1) is 13.6. The van der Waals surface area contributed by atoms with E-state index in [9.17, 15) is 8.42 Å². The van der Waals surface area contributed by atoms with E-state index >= 15 is 0 Å². The summed E-state index contributed by atoms with van der Waals surface area (Å²) in [7, 11) is -3.52. The van der Waals surface area contributed by atoms with Gasteiger partial charge in [0.2, 0.25) is 0 Å². The zero-order chi connectivity index (χ0) is 11.2. The average Bonchev–Trinajstić information content (AvgIpc) is 2.00. The van der Waals surface area contributed by atoms with Crippen LogP contribution >= 0.6 is 0 Å². The standard InChI is InChI=1S/C9H19NO3S/c1-4-13-14(11,12)6-5-9(10)7-8(2)3/h5-6,8-9H,4,7,10H2,1-3H3/b6-5+/t9-/m1/s1. The second-order valence-corrected chi connectivity index (χ2v) is 5.01. The average molecular weight is 221 g/mol. The van der Waals surface area contributed by atoms with Crippen LogP contribution in [0.5, 0.6) is 0 Å². The van der Waals surface area contributed by atoms with E-state index in [2.05, 4.69) is 4.18 Å². The molecule has 0 spiro atoms. The van der Waals surface area contributed by atoms with Crippen molar-refractivity contribution in [3.8, 4) is 0 Å². The minimum atomic E-state index is -3.52. The quantitative estimate of drug-likeness (QED) is 0.685. The molecule has 0 heterocycles. The molecule has 0 unspecified atom stereocenters. The normalized spacial score (nSPS) is 15.2. The van der Waals surface area contributed by atoms with E-state index in [1.807, 2.05) is 13.8 Å². The molecule has 4 nitrogen and oxygen atoms in total. The lowest BCUT2D eigenvalue weighted by Crippen LogP contribution is -2.19. The molecule has 84 valence electrons. The first-order valence-electron chi connectivity index (χ1n) is 4.70. The van der Waals surface area contributed by atoms with Gasteiger partial charge >= 0.3 is 0 Å². The zero-order valence-electron chi connectivity index (χ0n) is 8.93. The van der Waals surface area contributed by atoms with E-state index in [4.69, 9.17) is 5.73 Å². The molecule has 0 saturated carbocycles. The predicted molar refractivity (Wildman–Crippen MR) is 57.1 cm³/mol. The highest BCUT2D eigenvalue weighted by atomic mass is 32.2. The molecule has 0 aliphatic rings. The third-order valence-corrected chi connectivity index (χ3v) is 2.57. The van der Waals surface area contributed by atoms with Gasteiger partial charge in [-0.15, -0.1) is 0 Å². The third-order valence-electron chi connectivity index (χ3n) is 1.52. The van der Waals surface area contributed by atoms with Crippen molar-refractivity contribution in [1.82, 2.24) is 0 Å². The molecule has 1 atom stereocenters. The fraction of sp³-hybridized carbons (Fsp3) is 0.778. The largest absolute Gasteiger partial charge is 0.324 e. The minimum Gasteiger partial charge on any atom is -0.324 e. The summed E-state index contributed by atoms with van der Waals surface area (Å²) in [5.74, 6) is 0.449. The van der Waals surface area contributed by atoms with Gasteiger partial charge in [-0.2, -0.15) is 8.42 Å². The molecule has 14 heavy (non-hydrogen) atoms. The van der Waals surface area contributed by atoms with E-state index < -0.39 is 10.1 Å². The molecule has 0 bridgehead atoms. The van der Waals surface area contributed by atoms with E-state index in [0.29, 0.717) is 5.92 Å². The molecule has 0 fully saturated rings. The van der Waals surface area contributed by atoms with Crippen LogP contribution in [0, 0.1) is 5.92 Å². The van der Waals surface area contributed by atoms with Crippen molar-refractivity contribution in [3.63, 3.8) is 0 Å². The summed E-state index contributed by atoms with van der Waals surface area (Å²) in [6.07, 6.45) is 2.23. The van der Waals surface area contributed by atoms with Gasteiger partial charge in [0, 0.05) is 6.04 Å². The van der Waals surface area contributed by atoms with Gasteiger partial charge in [-0.3, -0.25) is 4.18 Å². The monoisotopic (exact) mass is 221 g/mol. The molecule has 0 aromatic heterocycles. The van der Waals surface area contributed by atoms with Gasteiger partial charge in [-0.05, 0) is 19.3 Å². The van der Waals surface area contributed by atoms with Crippen LogP contribution in [0.3, 0.4) is 0 Å². The van der Waals surface area contributed by atoms with Gasteiger partial charge in [-0.1, -0.05) is 19.9 Å². The second-order valence-electron chi connectivity index (χ2n) is 3.52. The molecule has 0 aromatic carbocycles. The highest BCUT2D eigenvalue weighted by Gasteiger charge is 2.06. The molecule has 5 heteroatoms. The summed E-state index contributed by atoms with van der Waals surface area (Å²) >= 11 is 0. The first-order valence-corrected chi connectivity index (χ1v) is 6.17. The Morgan fingerprint density at radius 2 is 2.00 bits per heavy atom. The van der Waals surface area contributed by atoms with Crippen molar-refractivity contribution < 1.29 is 12.6 Å². The van der Waals surface area contributed by atoms with Crippen LogP contribution in [-0.4, -0.2) is 21.1 Å². The van der Waals surface area contributed by atoms with Crippen molar-refractivity contribution in [2.75, 3.05) is 6.61 Å². The van der Waals surface area contributed by atoms with Crippen LogP contribution in [0.2, 0.25) is 0 Å². The maximum absolute atomic E-state index is 11.1. The van der Waals surface area contributed by atoms with Crippen molar-refractivity contribution in [2.45, 2.75) is 33.2 Å². The van der Waals surface area contributed by atoms with E-state index in [1.54, 1.807) is 6.92 Å². The molecule has 0 aliphatic heterocycles. The lowest BCUT2D eigenvalue weighted by atomic mass is 10.1. The van der Waals surface area contributed by atoms with E-state index in [0.717, 1.165) is 11.8 Å². The molecule has 0 rings (SSSR count). The van der Waals surface area contributed by atoms with Gasteiger partial charge in [0.25, 0.3) is 10.1 Å². The van der Waals surface area contributed by atoms with Crippen molar-refractivity contribution in [1.29, 1.82) is 0 Å². The Labute approximate surface area is 86.3 Å². The number of hydrogen-bond donors (Lipinski definition) is 1. The summed E-state index contributed by atoms with van der Waals surface area (Å²) in [6, 6.07) is -0.231. The van der Waals surface area contributed by atoms with Crippen LogP contribution < -0.4 is 5.73 Å². The molecular weight excluding hydrogens is 202 g/mol. The van der Waals surface area contributed by atoms with Crippen molar-refractivity contribution in [2.24, 2.45) is 11.7 Å². The molecule has 0 amide bonds. The van der Waals surface area contributed by atoms with Crippen LogP contribution in [0.25, 0.3) is 0 Å². The number of nitrogens with two attached hydrogens (primary N) is 1. The Morgan fingerprint density at radius 1 is 1.43 bits per heavy atom. The van der Waals surface area contributed by atoms with E-state index in [-0.39, 0.29) is 12.6 Å². The van der Waals surface area contributed by atoms with Crippen LogP contribution in [0.4, 0.5) is 0 Å². The zero-order valence-corrected chi connectivity index (χ0v) is 9.75. The first-order chi connectivity index (χ1) is 6.37. The highest BCUT2D eigenvalue weighted by molar-refractivity contribution is 7.89. The summed E-state index contributed by atoms with van der Waals surface area (Å²) in [4.78, 5) is 0. The molecular formula is C9H19NO3S. The van der Waals surface area contributed by atoms with Crippen molar-refractivity contribution >= 4 is 10.1 Å². The maximum atomic E-state index is 11.1. The van der Waals surface area contributed by atoms with Gasteiger partial charge in [0.1, 0.15) is 0 Å². The smallest absolute Gasteiger partial charge is 0.289 e. The highest BCUT2D eigenvalue weighted by Crippen LogP contribution is 2.05. The Morgan fingerprint density at radius 3 is 2.43 bits per heavy atom.